The van der Waals surface area contributed by atoms with Crippen molar-refractivity contribution in [2.45, 2.75) is 33.6 Å². The average Bonchev–Trinajstić information content (AvgIpc) is 2.13. The van der Waals surface area contributed by atoms with E-state index >= 15 is 0 Å². The van der Waals surface area contributed by atoms with Crippen molar-refractivity contribution < 1.29 is 9.53 Å². The summed E-state index contributed by atoms with van der Waals surface area (Å²) in [5.74, 6) is 0.190. The number of allylic oxidation sites excluding steroid dienone is 2. The molecule has 0 atom stereocenters. The minimum absolute atomic E-state index is 0.0637. The highest BCUT2D eigenvalue weighted by molar-refractivity contribution is 6.06. The van der Waals surface area contributed by atoms with Crippen LogP contribution in [-0.4, -0.2) is 12.4 Å². The Labute approximate surface area is 80.3 Å². The van der Waals surface area contributed by atoms with E-state index in [2.05, 4.69) is 6.58 Å². The summed E-state index contributed by atoms with van der Waals surface area (Å²) in [5.41, 5.74) is 0.793. The van der Waals surface area contributed by atoms with Gasteiger partial charge in [0.05, 0.1) is 6.61 Å². The van der Waals surface area contributed by atoms with Crippen LogP contribution in [-0.2, 0) is 9.53 Å². The molecule has 0 N–H and O–H groups in total. The first-order valence-electron chi connectivity index (χ1n) is 4.72. The molecule has 0 rings (SSSR count). The fraction of sp³-hybridized carbons (Fsp3) is 0.545. The average molecular weight is 182 g/mol. The topological polar surface area (TPSA) is 26.3 Å². The normalized spacial score (nSPS) is 11.2. The third-order valence-corrected chi connectivity index (χ3v) is 1.69. The maximum Gasteiger partial charge on any atom is 0.222 e. The lowest BCUT2D eigenvalue weighted by Gasteiger charge is -2.07. The second kappa shape index (κ2) is 6.46. The Bertz CT molecular complexity index is 214. The molecular weight excluding hydrogens is 164 g/mol. The Morgan fingerprint density at radius 2 is 2.00 bits per heavy atom. The van der Waals surface area contributed by atoms with Gasteiger partial charge < -0.3 is 4.74 Å². The van der Waals surface area contributed by atoms with Crippen molar-refractivity contribution in [3.63, 3.8) is 0 Å². The zero-order valence-electron chi connectivity index (χ0n) is 8.72. The number of carbonyl (C=O) groups excluding carboxylic acids is 1. The van der Waals surface area contributed by atoms with Gasteiger partial charge >= 0.3 is 0 Å². The van der Waals surface area contributed by atoms with Crippen molar-refractivity contribution in [3.8, 4) is 0 Å². The molecule has 0 fully saturated rings. The Kier molecular flexibility index (Phi) is 5.94. The summed E-state index contributed by atoms with van der Waals surface area (Å²) in [5, 5.41) is 0. The fourth-order valence-corrected chi connectivity index (χ4v) is 1.06. The fourth-order valence-electron chi connectivity index (χ4n) is 1.06. The van der Waals surface area contributed by atoms with E-state index in [0.717, 1.165) is 18.4 Å². The third-order valence-electron chi connectivity index (χ3n) is 1.69. The predicted molar refractivity (Wildman–Crippen MR) is 54.4 cm³/mol. The summed E-state index contributed by atoms with van der Waals surface area (Å²) >= 11 is 0. The maximum atomic E-state index is 11.6. The highest BCUT2D eigenvalue weighted by Gasteiger charge is 2.11. The van der Waals surface area contributed by atoms with E-state index in [0.29, 0.717) is 6.61 Å². The Balaban J connectivity index is 4.37. The van der Waals surface area contributed by atoms with Crippen LogP contribution in [0.1, 0.15) is 33.6 Å². The van der Waals surface area contributed by atoms with Crippen LogP contribution < -0.4 is 0 Å². The number of Topliss-reactive ketones (excluding diaryl/α,β-unsaturated/α-hetero) is 1. The van der Waals surface area contributed by atoms with Gasteiger partial charge in [0, 0.05) is 0 Å². The van der Waals surface area contributed by atoms with Gasteiger partial charge in [-0.2, -0.15) is 0 Å². The summed E-state index contributed by atoms with van der Waals surface area (Å²) < 4.78 is 5.05. The molecular formula is C11H18O2. The zero-order valence-corrected chi connectivity index (χ0v) is 8.72. The van der Waals surface area contributed by atoms with Crippen molar-refractivity contribution in [1.82, 2.24) is 0 Å². The number of ketones is 1. The molecule has 2 heteroatoms. The minimum Gasteiger partial charge on any atom is -0.490 e. The first-order valence-corrected chi connectivity index (χ1v) is 4.72. The summed E-state index contributed by atoms with van der Waals surface area (Å²) in [6.45, 7) is 9.88. The summed E-state index contributed by atoms with van der Waals surface area (Å²) in [6, 6.07) is 0. The molecule has 74 valence electrons. The van der Waals surface area contributed by atoms with Crippen LogP contribution in [0, 0.1) is 0 Å². The molecule has 0 aromatic heterocycles. The van der Waals surface area contributed by atoms with Gasteiger partial charge in [0.25, 0.3) is 0 Å². The molecule has 0 aromatic rings. The second-order valence-electron chi connectivity index (χ2n) is 2.68. The Hall–Kier alpha value is -1.05. The molecule has 0 amide bonds. The maximum absolute atomic E-state index is 11.6. The number of ether oxygens (including phenoxy) is 1. The standard InChI is InChI=1S/C11H18O2/c1-5-8-10(6-2)11(12)9(4)13-7-3/h8H,4-7H2,1-3H3/b10-8+. The van der Waals surface area contributed by atoms with Gasteiger partial charge in [-0.05, 0) is 25.3 Å². The molecule has 0 aliphatic rings. The van der Waals surface area contributed by atoms with Crippen LogP contribution >= 0.6 is 0 Å². The van der Waals surface area contributed by atoms with Crippen molar-refractivity contribution in [2.75, 3.05) is 6.61 Å². The van der Waals surface area contributed by atoms with Gasteiger partial charge in [0.2, 0.25) is 5.78 Å². The molecule has 0 aliphatic carbocycles. The number of hydrogen-bond donors (Lipinski definition) is 0. The van der Waals surface area contributed by atoms with Crippen molar-refractivity contribution >= 4 is 5.78 Å². The van der Waals surface area contributed by atoms with E-state index < -0.39 is 0 Å². The van der Waals surface area contributed by atoms with E-state index in [1.807, 2.05) is 26.8 Å². The van der Waals surface area contributed by atoms with Gasteiger partial charge in [-0.25, -0.2) is 0 Å². The largest absolute Gasteiger partial charge is 0.490 e. The van der Waals surface area contributed by atoms with Gasteiger partial charge in [-0.3, -0.25) is 4.79 Å². The van der Waals surface area contributed by atoms with Gasteiger partial charge in [0.1, 0.15) is 0 Å². The van der Waals surface area contributed by atoms with Crippen molar-refractivity contribution in [1.29, 1.82) is 0 Å². The molecule has 0 radical (unpaired) electrons. The monoisotopic (exact) mass is 182 g/mol. The molecule has 0 unspecified atom stereocenters. The van der Waals surface area contributed by atoms with Crippen LogP contribution in [0.2, 0.25) is 0 Å². The molecule has 0 bridgehead atoms. The van der Waals surface area contributed by atoms with Crippen molar-refractivity contribution in [3.05, 3.63) is 24.0 Å². The first kappa shape index (κ1) is 11.9. The zero-order chi connectivity index (χ0) is 10.3. The molecule has 0 aromatic carbocycles. The number of hydrogen-bond acceptors (Lipinski definition) is 2. The Morgan fingerprint density at radius 1 is 1.38 bits per heavy atom. The molecule has 0 spiro atoms. The summed E-state index contributed by atoms with van der Waals surface area (Å²) in [7, 11) is 0. The van der Waals surface area contributed by atoms with Gasteiger partial charge in [-0.15, -0.1) is 0 Å². The van der Waals surface area contributed by atoms with E-state index in [9.17, 15) is 4.79 Å². The van der Waals surface area contributed by atoms with Gasteiger partial charge in [-0.1, -0.05) is 26.5 Å². The highest BCUT2D eigenvalue weighted by atomic mass is 16.5. The third kappa shape index (κ3) is 3.92. The molecule has 0 aliphatic heterocycles. The molecule has 0 saturated carbocycles. The lowest BCUT2D eigenvalue weighted by atomic mass is 10.1. The predicted octanol–water partition coefficient (Wildman–Crippen LogP) is 2.85. The van der Waals surface area contributed by atoms with Crippen LogP contribution in [0.4, 0.5) is 0 Å². The Morgan fingerprint density at radius 3 is 2.38 bits per heavy atom. The van der Waals surface area contributed by atoms with E-state index in [1.54, 1.807) is 0 Å². The first-order chi connectivity index (χ1) is 6.17. The molecule has 13 heavy (non-hydrogen) atoms. The van der Waals surface area contributed by atoms with E-state index in [-0.39, 0.29) is 11.5 Å². The van der Waals surface area contributed by atoms with Crippen LogP contribution in [0.5, 0.6) is 0 Å². The van der Waals surface area contributed by atoms with Crippen LogP contribution in [0.3, 0.4) is 0 Å². The summed E-state index contributed by atoms with van der Waals surface area (Å²) in [4.78, 5) is 11.6. The second-order valence-corrected chi connectivity index (χ2v) is 2.68. The number of carbonyl (C=O) groups is 1. The van der Waals surface area contributed by atoms with Gasteiger partial charge in [0.15, 0.2) is 5.76 Å². The molecule has 0 saturated heterocycles. The lowest BCUT2D eigenvalue weighted by molar-refractivity contribution is -0.115. The molecule has 0 heterocycles. The van der Waals surface area contributed by atoms with E-state index in [1.165, 1.54) is 0 Å². The van der Waals surface area contributed by atoms with Crippen LogP contribution in [0.25, 0.3) is 0 Å². The van der Waals surface area contributed by atoms with Crippen molar-refractivity contribution in [2.24, 2.45) is 0 Å². The lowest BCUT2D eigenvalue weighted by Crippen LogP contribution is -2.07. The summed E-state index contributed by atoms with van der Waals surface area (Å²) in [6.07, 6.45) is 3.53. The SMILES string of the molecule is C=C(OCC)C(=O)/C(=C/CC)CC. The smallest absolute Gasteiger partial charge is 0.222 e. The highest BCUT2D eigenvalue weighted by Crippen LogP contribution is 2.10. The van der Waals surface area contributed by atoms with Crippen LogP contribution in [0.15, 0.2) is 24.0 Å². The quantitative estimate of drug-likeness (QED) is 0.466. The number of rotatable bonds is 6. The minimum atomic E-state index is -0.0637. The van der Waals surface area contributed by atoms with E-state index in [4.69, 9.17) is 4.74 Å². The molecule has 2 nitrogen and oxygen atoms in total.